The Bertz CT molecular complexity index is 740. The number of rotatable bonds is 4. The summed E-state index contributed by atoms with van der Waals surface area (Å²) in [6.45, 7) is 5.45. The number of nitrogens with one attached hydrogen (secondary N) is 1. The first-order chi connectivity index (χ1) is 12.1. The Morgan fingerprint density at radius 3 is 2.72 bits per heavy atom. The summed E-state index contributed by atoms with van der Waals surface area (Å²) in [4.78, 5) is 27.8. The summed E-state index contributed by atoms with van der Waals surface area (Å²) < 4.78 is 0. The molecule has 2 aromatic rings. The van der Waals surface area contributed by atoms with Crippen molar-refractivity contribution in [3.05, 3.63) is 52.2 Å². The first-order valence-electron chi connectivity index (χ1n) is 8.79. The summed E-state index contributed by atoms with van der Waals surface area (Å²) in [5.41, 5.74) is 2.02. The Hall–Kier alpha value is -2.14. The van der Waals surface area contributed by atoms with E-state index < -0.39 is 0 Å². The number of hydrogen-bond donors (Lipinski definition) is 1. The lowest BCUT2D eigenvalue weighted by Gasteiger charge is -2.32. The van der Waals surface area contributed by atoms with Gasteiger partial charge in [0.05, 0.1) is 10.8 Å². The number of nitrogens with zero attached hydrogens (tertiary/aromatic N) is 1. The molecular weight excluding hydrogens is 332 g/mol. The van der Waals surface area contributed by atoms with E-state index in [2.05, 4.69) is 19.2 Å². The van der Waals surface area contributed by atoms with E-state index in [4.69, 9.17) is 0 Å². The summed E-state index contributed by atoms with van der Waals surface area (Å²) >= 11 is 1.45. The Labute approximate surface area is 152 Å². The number of thiophene rings is 1. The molecule has 1 atom stereocenters. The van der Waals surface area contributed by atoms with Gasteiger partial charge in [0, 0.05) is 18.8 Å². The zero-order valence-electron chi connectivity index (χ0n) is 14.7. The summed E-state index contributed by atoms with van der Waals surface area (Å²) in [6, 6.07) is 11.7. The van der Waals surface area contributed by atoms with Gasteiger partial charge in [-0.25, -0.2) is 0 Å². The maximum absolute atomic E-state index is 12.8. The summed E-state index contributed by atoms with van der Waals surface area (Å²) in [5, 5.41) is 4.99. The van der Waals surface area contributed by atoms with Gasteiger partial charge in [-0.15, -0.1) is 11.3 Å². The maximum Gasteiger partial charge on any atom is 0.263 e. The molecule has 0 saturated carbocycles. The van der Waals surface area contributed by atoms with Crippen molar-refractivity contribution in [1.82, 2.24) is 4.90 Å². The molecule has 1 aliphatic rings. The highest BCUT2D eigenvalue weighted by Crippen LogP contribution is 2.26. The minimum Gasteiger partial charge on any atom is -0.337 e. The van der Waals surface area contributed by atoms with Crippen LogP contribution >= 0.6 is 11.3 Å². The third-order valence-corrected chi connectivity index (χ3v) is 5.51. The van der Waals surface area contributed by atoms with Gasteiger partial charge >= 0.3 is 0 Å². The summed E-state index contributed by atoms with van der Waals surface area (Å²) in [6.07, 6.45) is 1.69. The normalized spacial score (nSPS) is 17.6. The van der Waals surface area contributed by atoms with E-state index in [0.717, 1.165) is 35.5 Å². The average Bonchev–Trinajstić information content (AvgIpc) is 3.16. The Morgan fingerprint density at radius 2 is 2.00 bits per heavy atom. The number of anilines is 1. The molecule has 5 heteroatoms. The molecule has 1 unspecified atom stereocenters. The molecule has 1 aromatic heterocycles. The van der Waals surface area contributed by atoms with Crippen molar-refractivity contribution in [3.63, 3.8) is 0 Å². The zero-order valence-corrected chi connectivity index (χ0v) is 15.5. The van der Waals surface area contributed by atoms with Crippen LogP contribution in [0.3, 0.4) is 0 Å². The number of piperidine rings is 1. The molecular formula is C20H24N2O2S. The second kappa shape index (κ2) is 7.83. The Balaban J connectivity index is 1.67. The quantitative estimate of drug-likeness (QED) is 0.885. The standard InChI is InChI=1S/C20H24N2O2S/c1-14(2)16-8-3-4-9-17(16)21-19(23)15-7-5-11-22(13-15)20(24)18-10-6-12-25-18/h3-4,6,8-10,12,14-15H,5,7,11,13H2,1-2H3,(H,21,23). The van der Waals surface area contributed by atoms with Crippen molar-refractivity contribution >= 4 is 28.8 Å². The van der Waals surface area contributed by atoms with Crippen molar-refractivity contribution in [2.24, 2.45) is 5.92 Å². The van der Waals surface area contributed by atoms with Crippen molar-refractivity contribution < 1.29 is 9.59 Å². The van der Waals surface area contributed by atoms with E-state index in [1.807, 2.05) is 46.7 Å². The topological polar surface area (TPSA) is 49.4 Å². The number of hydrogen-bond acceptors (Lipinski definition) is 3. The van der Waals surface area contributed by atoms with Crippen LogP contribution in [0, 0.1) is 5.92 Å². The fraction of sp³-hybridized carbons (Fsp3) is 0.400. The third kappa shape index (κ3) is 4.10. The fourth-order valence-corrected chi connectivity index (χ4v) is 3.97. The monoisotopic (exact) mass is 356 g/mol. The van der Waals surface area contributed by atoms with Gasteiger partial charge in [0.25, 0.3) is 5.91 Å². The van der Waals surface area contributed by atoms with Crippen LogP contribution in [0.1, 0.15) is 47.8 Å². The SMILES string of the molecule is CC(C)c1ccccc1NC(=O)C1CCCN(C(=O)c2cccs2)C1. The molecule has 3 rings (SSSR count). The van der Waals surface area contributed by atoms with E-state index in [-0.39, 0.29) is 17.7 Å². The van der Waals surface area contributed by atoms with Gasteiger partial charge in [-0.1, -0.05) is 38.1 Å². The molecule has 1 fully saturated rings. The van der Waals surface area contributed by atoms with Gasteiger partial charge in [-0.2, -0.15) is 0 Å². The highest BCUT2D eigenvalue weighted by Gasteiger charge is 2.29. The first-order valence-corrected chi connectivity index (χ1v) is 9.67. The predicted octanol–water partition coefficient (Wildman–Crippen LogP) is 4.36. The van der Waals surface area contributed by atoms with Crippen LogP contribution in [-0.4, -0.2) is 29.8 Å². The molecule has 1 aliphatic heterocycles. The predicted molar refractivity (Wildman–Crippen MR) is 102 cm³/mol. The molecule has 2 heterocycles. The number of carbonyl (C=O) groups excluding carboxylic acids is 2. The van der Waals surface area contributed by atoms with E-state index in [1.54, 1.807) is 0 Å². The molecule has 1 aromatic carbocycles. The van der Waals surface area contributed by atoms with Crippen LogP contribution in [0.15, 0.2) is 41.8 Å². The van der Waals surface area contributed by atoms with Gasteiger partial charge in [-0.05, 0) is 41.8 Å². The fourth-order valence-electron chi connectivity index (χ4n) is 3.28. The highest BCUT2D eigenvalue weighted by molar-refractivity contribution is 7.12. The Morgan fingerprint density at radius 1 is 1.20 bits per heavy atom. The molecule has 0 radical (unpaired) electrons. The maximum atomic E-state index is 12.8. The molecule has 25 heavy (non-hydrogen) atoms. The molecule has 132 valence electrons. The summed E-state index contributed by atoms with van der Waals surface area (Å²) in [5.74, 6) is 0.240. The molecule has 0 bridgehead atoms. The van der Waals surface area contributed by atoms with E-state index in [9.17, 15) is 9.59 Å². The van der Waals surface area contributed by atoms with Gasteiger partial charge in [-0.3, -0.25) is 9.59 Å². The largest absolute Gasteiger partial charge is 0.337 e. The van der Waals surface area contributed by atoms with E-state index in [1.165, 1.54) is 11.3 Å². The number of amides is 2. The van der Waals surface area contributed by atoms with Gasteiger partial charge in [0.15, 0.2) is 0 Å². The third-order valence-electron chi connectivity index (χ3n) is 4.65. The van der Waals surface area contributed by atoms with Gasteiger partial charge in [0.2, 0.25) is 5.91 Å². The van der Waals surface area contributed by atoms with Gasteiger partial charge in [0.1, 0.15) is 0 Å². The number of benzene rings is 1. The van der Waals surface area contributed by atoms with Crippen molar-refractivity contribution in [2.75, 3.05) is 18.4 Å². The lowest BCUT2D eigenvalue weighted by molar-refractivity contribution is -0.121. The molecule has 0 aliphatic carbocycles. The van der Waals surface area contributed by atoms with Crippen LogP contribution in [0.2, 0.25) is 0 Å². The average molecular weight is 356 g/mol. The van der Waals surface area contributed by atoms with Crippen LogP contribution in [0.25, 0.3) is 0 Å². The number of carbonyl (C=O) groups is 2. The van der Waals surface area contributed by atoms with Crippen LogP contribution in [0.4, 0.5) is 5.69 Å². The van der Waals surface area contributed by atoms with E-state index >= 15 is 0 Å². The minimum absolute atomic E-state index is 0.0109. The molecule has 1 N–H and O–H groups in total. The zero-order chi connectivity index (χ0) is 17.8. The van der Waals surface area contributed by atoms with Crippen molar-refractivity contribution in [1.29, 1.82) is 0 Å². The molecule has 4 nitrogen and oxygen atoms in total. The van der Waals surface area contributed by atoms with Crippen LogP contribution in [-0.2, 0) is 4.79 Å². The van der Waals surface area contributed by atoms with Crippen LogP contribution < -0.4 is 5.32 Å². The lowest BCUT2D eigenvalue weighted by Crippen LogP contribution is -2.43. The smallest absolute Gasteiger partial charge is 0.263 e. The number of likely N-dealkylation sites (tertiary alicyclic amines) is 1. The first kappa shape index (κ1) is 17.7. The minimum atomic E-state index is -0.155. The molecule has 0 spiro atoms. The van der Waals surface area contributed by atoms with Crippen molar-refractivity contribution in [3.8, 4) is 0 Å². The highest BCUT2D eigenvalue weighted by atomic mass is 32.1. The van der Waals surface area contributed by atoms with Crippen LogP contribution in [0.5, 0.6) is 0 Å². The summed E-state index contributed by atoms with van der Waals surface area (Å²) in [7, 11) is 0. The Kier molecular flexibility index (Phi) is 5.53. The van der Waals surface area contributed by atoms with Gasteiger partial charge < -0.3 is 10.2 Å². The molecule has 2 amide bonds. The van der Waals surface area contributed by atoms with Crippen molar-refractivity contribution in [2.45, 2.75) is 32.6 Å². The second-order valence-corrected chi connectivity index (χ2v) is 7.75. The second-order valence-electron chi connectivity index (χ2n) is 6.80. The van der Waals surface area contributed by atoms with E-state index in [0.29, 0.717) is 12.5 Å². The lowest BCUT2D eigenvalue weighted by atomic mass is 9.96. The number of para-hydroxylation sites is 1. The molecule has 1 saturated heterocycles.